The predicted octanol–water partition coefficient (Wildman–Crippen LogP) is 2.59. The first-order chi connectivity index (χ1) is 5.27. The first kappa shape index (κ1) is 10.7. The average Bonchev–Trinajstić information content (AvgIpc) is 1.96. The minimum atomic E-state index is 0.696. The fourth-order valence-electron chi connectivity index (χ4n) is 0.856. The van der Waals surface area contributed by atoms with Gasteiger partial charge >= 0.3 is 0 Å². The second-order valence-corrected chi connectivity index (χ2v) is 3.21. The van der Waals surface area contributed by atoms with Gasteiger partial charge in [0.05, 0.1) is 0 Å². The molecule has 0 aromatic heterocycles. The first-order valence-corrected chi connectivity index (χ1v) is 4.64. The highest BCUT2D eigenvalue weighted by Gasteiger charge is 1.84. The second-order valence-electron chi connectivity index (χ2n) is 3.21. The molecule has 0 radical (unpaired) electrons. The zero-order valence-electron chi connectivity index (χ0n) is 8.06. The molecule has 0 aliphatic heterocycles. The number of nitrogens with one attached hydrogen (secondary N) is 1. The van der Waals surface area contributed by atoms with Crippen molar-refractivity contribution in [1.29, 1.82) is 0 Å². The molecule has 66 valence electrons. The smallest absolute Gasteiger partial charge is 0.00143 e. The monoisotopic (exact) mass is 155 g/mol. The van der Waals surface area contributed by atoms with Gasteiger partial charge in [-0.3, -0.25) is 0 Å². The molecule has 0 aromatic rings. The molecule has 1 heteroatoms. The minimum absolute atomic E-state index is 0.696. The van der Waals surface area contributed by atoms with Crippen LogP contribution in [-0.2, 0) is 0 Å². The lowest BCUT2D eigenvalue weighted by Crippen LogP contribution is -2.15. The summed E-state index contributed by atoms with van der Waals surface area (Å²) >= 11 is 0. The number of allylic oxidation sites excluding steroid dienone is 1. The summed E-state index contributed by atoms with van der Waals surface area (Å²) in [4.78, 5) is 0. The molecule has 0 aliphatic rings. The first-order valence-electron chi connectivity index (χ1n) is 4.64. The number of hydrogen-bond donors (Lipinski definition) is 1. The van der Waals surface area contributed by atoms with Crippen LogP contribution in [0.5, 0.6) is 0 Å². The molecule has 0 atom stereocenters. The Kier molecular flexibility index (Phi) is 7.59. The highest BCUT2D eigenvalue weighted by atomic mass is 14.8. The van der Waals surface area contributed by atoms with Gasteiger partial charge in [0.2, 0.25) is 0 Å². The summed E-state index contributed by atoms with van der Waals surface area (Å²) in [5, 5.41) is 3.36. The van der Waals surface area contributed by atoms with Crippen molar-refractivity contribution in [1.82, 2.24) is 5.32 Å². The van der Waals surface area contributed by atoms with Gasteiger partial charge in [-0.2, -0.15) is 0 Å². The van der Waals surface area contributed by atoms with Crippen LogP contribution in [0, 0.1) is 5.92 Å². The Balaban J connectivity index is 3.01. The Bertz CT molecular complexity index is 95.0. The molecular weight excluding hydrogens is 134 g/mol. The summed E-state index contributed by atoms with van der Waals surface area (Å²) in [5.74, 6) is 0.696. The third-order valence-corrected chi connectivity index (χ3v) is 1.44. The molecule has 0 rings (SSSR count). The SMILES string of the molecule is CCCNCCC=CC(C)C. The van der Waals surface area contributed by atoms with Crippen molar-refractivity contribution in [3.05, 3.63) is 12.2 Å². The molecule has 1 nitrogen and oxygen atoms in total. The van der Waals surface area contributed by atoms with E-state index in [2.05, 4.69) is 38.2 Å². The predicted molar refractivity (Wildman–Crippen MR) is 51.8 cm³/mol. The van der Waals surface area contributed by atoms with Crippen LogP contribution >= 0.6 is 0 Å². The Labute approximate surface area is 70.9 Å². The Morgan fingerprint density at radius 1 is 1.27 bits per heavy atom. The Morgan fingerprint density at radius 2 is 2.00 bits per heavy atom. The summed E-state index contributed by atoms with van der Waals surface area (Å²) < 4.78 is 0. The van der Waals surface area contributed by atoms with Gasteiger partial charge in [-0.25, -0.2) is 0 Å². The van der Waals surface area contributed by atoms with Crippen LogP contribution in [-0.4, -0.2) is 13.1 Å². The third kappa shape index (κ3) is 9.70. The van der Waals surface area contributed by atoms with E-state index < -0.39 is 0 Å². The fraction of sp³-hybridized carbons (Fsp3) is 0.800. The molecule has 0 saturated carbocycles. The van der Waals surface area contributed by atoms with Crippen molar-refractivity contribution in [2.24, 2.45) is 5.92 Å². The van der Waals surface area contributed by atoms with Crippen molar-refractivity contribution in [2.75, 3.05) is 13.1 Å². The Hall–Kier alpha value is -0.300. The van der Waals surface area contributed by atoms with Crippen LogP contribution in [0.3, 0.4) is 0 Å². The molecule has 0 amide bonds. The van der Waals surface area contributed by atoms with E-state index in [1.165, 1.54) is 6.42 Å². The molecule has 11 heavy (non-hydrogen) atoms. The third-order valence-electron chi connectivity index (χ3n) is 1.44. The standard InChI is InChI=1S/C10H21N/c1-4-8-11-9-6-5-7-10(2)3/h5,7,10-11H,4,6,8-9H2,1-3H3. The van der Waals surface area contributed by atoms with Crippen LogP contribution in [0.4, 0.5) is 0 Å². The molecule has 0 saturated heterocycles. The summed E-state index contributed by atoms with van der Waals surface area (Å²) in [7, 11) is 0. The summed E-state index contributed by atoms with van der Waals surface area (Å²) in [5.41, 5.74) is 0. The zero-order chi connectivity index (χ0) is 8.53. The Morgan fingerprint density at radius 3 is 2.55 bits per heavy atom. The van der Waals surface area contributed by atoms with Crippen molar-refractivity contribution >= 4 is 0 Å². The molecule has 0 aliphatic carbocycles. The van der Waals surface area contributed by atoms with Gasteiger partial charge < -0.3 is 5.32 Å². The molecule has 0 fully saturated rings. The van der Waals surface area contributed by atoms with Gasteiger partial charge in [0.15, 0.2) is 0 Å². The lowest BCUT2D eigenvalue weighted by Gasteiger charge is -1.98. The maximum Gasteiger partial charge on any atom is -0.00143 e. The largest absolute Gasteiger partial charge is 0.316 e. The minimum Gasteiger partial charge on any atom is -0.316 e. The molecular formula is C10H21N. The van der Waals surface area contributed by atoms with Gasteiger partial charge in [0.1, 0.15) is 0 Å². The molecule has 0 unspecified atom stereocenters. The van der Waals surface area contributed by atoms with Gasteiger partial charge in [-0.15, -0.1) is 0 Å². The van der Waals surface area contributed by atoms with Crippen LogP contribution in [0.25, 0.3) is 0 Å². The van der Waals surface area contributed by atoms with Gasteiger partial charge in [0.25, 0.3) is 0 Å². The van der Waals surface area contributed by atoms with Crippen LogP contribution in [0.15, 0.2) is 12.2 Å². The van der Waals surface area contributed by atoms with E-state index >= 15 is 0 Å². The normalized spacial score (nSPS) is 11.6. The second kappa shape index (κ2) is 7.80. The van der Waals surface area contributed by atoms with Crippen molar-refractivity contribution in [3.63, 3.8) is 0 Å². The van der Waals surface area contributed by atoms with Gasteiger partial charge in [0, 0.05) is 0 Å². The van der Waals surface area contributed by atoms with E-state index in [0.717, 1.165) is 19.5 Å². The lowest BCUT2D eigenvalue weighted by molar-refractivity contribution is 0.676. The van der Waals surface area contributed by atoms with Crippen molar-refractivity contribution < 1.29 is 0 Å². The van der Waals surface area contributed by atoms with E-state index in [-0.39, 0.29) is 0 Å². The van der Waals surface area contributed by atoms with Gasteiger partial charge in [-0.05, 0) is 31.8 Å². The quantitative estimate of drug-likeness (QED) is 0.459. The van der Waals surface area contributed by atoms with Crippen LogP contribution in [0.1, 0.15) is 33.6 Å². The van der Waals surface area contributed by atoms with Gasteiger partial charge in [-0.1, -0.05) is 32.9 Å². The van der Waals surface area contributed by atoms with Crippen LogP contribution in [0.2, 0.25) is 0 Å². The average molecular weight is 155 g/mol. The van der Waals surface area contributed by atoms with E-state index in [9.17, 15) is 0 Å². The number of rotatable bonds is 6. The highest BCUT2D eigenvalue weighted by molar-refractivity contribution is 4.84. The van der Waals surface area contributed by atoms with Crippen molar-refractivity contribution in [3.8, 4) is 0 Å². The van der Waals surface area contributed by atoms with E-state index in [1.54, 1.807) is 0 Å². The molecule has 1 N–H and O–H groups in total. The lowest BCUT2D eigenvalue weighted by atomic mass is 10.2. The number of hydrogen-bond acceptors (Lipinski definition) is 1. The zero-order valence-corrected chi connectivity index (χ0v) is 8.06. The molecule has 0 spiro atoms. The maximum atomic E-state index is 3.36. The molecule has 0 aromatic carbocycles. The molecule has 0 heterocycles. The van der Waals surface area contributed by atoms with E-state index in [4.69, 9.17) is 0 Å². The van der Waals surface area contributed by atoms with Crippen LogP contribution < -0.4 is 5.32 Å². The fourth-order valence-corrected chi connectivity index (χ4v) is 0.856. The van der Waals surface area contributed by atoms with E-state index in [1.807, 2.05) is 0 Å². The summed E-state index contributed by atoms with van der Waals surface area (Å²) in [6, 6.07) is 0. The van der Waals surface area contributed by atoms with Crippen molar-refractivity contribution in [2.45, 2.75) is 33.6 Å². The van der Waals surface area contributed by atoms with E-state index in [0.29, 0.717) is 5.92 Å². The molecule has 0 bridgehead atoms. The highest BCUT2D eigenvalue weighted by Crippen LogP contribution is 1.94. The maximum absolute atomic E-state index is 3.36. The summed E-state index contributed by atoms with van der Waals surface area (Å²) in [6.45, 7) is 8.87. The topological polar surface area (TPSA) is 12.0 Å². The summed E-state index contributed by atoms with van der Waals surface area (Å²) in [6.07, 6.45) is 6.91.